The average molecular weight is 217 g/mol. The molecule has 0 spiro atoms. The Bertz CT molecular complexity index is 447. The summed E-state index contributed by atoms with van der Waals surface area (Å²) in [6.07, 6.45) is 3.05. The molecule has 2 aromatic rings. The van der Waals surface area contributed by atoms with Crippen molar-refractivity contribution in [3.8, 4) is 0 Å². The standard InChI is InChI=1S/C13H19N3/c1-3-14-9-8-11(2)16-13-7-5-4-6-12(13)10-15-16/h4-7,10-11,14H,3,8-9H2,1-2H3. The number of fused-ring (bicyclic) bond motifs is 1. The van der Waals surface area contributed by atoms with Gasteiger partial charge >= 0.3 is 0 Å². The Morgan fingerprint density at radius 2 is 2.19 bits per heavy atom. The zero-order valence-corrected chi connectivity index (χ0v) is 9.98. The lowest BCUT2D eigenvalue weighted by Gasteiger charge is -2.13. The lowest BCUT2D eigenvalue weighted by atomic mass is 10.2. The van der Waals surface area contributed by atoms with Gasteiger partial charge in [-0.1, -0.05) is 25.1 Å². The molecule has 1 heterocycles. The minimum Gasteiger partial charge on any atom is -0.317 e. The quantitative estimate of drug-likeness (QED) is 0.780. The van der Waals surface area contributed by atoms with E-state index in [9.17, 15) is 0 Å². The van der Waals surface area contributed by atoms with Crippen molar-refractivity contribution in [1.29, 1.82) is 0 Å². The summed E-state index contributed by atoms with van der Waals surface area (Å²) in [6, 6.07) is 8.80. The van der Waals surface area contributed by atoms with Crippen LogP contribution in [0.1, 0.15) is 26.3 Å². The highest BCUT2D eigenvalue weighted by molar-refractivity contribution is 5.78. The van der Waals surface area contributed by atoms with Gasteiger partial charge in [0.15, 0.2) is 0 Å². The number of hydrogen-bond donors (Lipinski definition) is 1. The fourth-order valence-corrected chi connectivity index (χ4v) is 1.95. The van der Waals surface area contributed by atoms with Crippen LogP contribution in [0.2, 0.25) is 0 Å². The number of aromatic nitrogens is 2. The first kappa shape index (κ1) is 11.1. The smallest absolute Gasteiger partial charge is 0.0685 e. The van der Waals surface area contributed by atoms with Crippen LogP contribution in [-0.2, 0) is 0 Å². The summed E-state index contributed by atoms with van der Waals surface area (Å²) in [4.78, 5) is 0. The van der Waals surface area contributed by atoms with Crippen molar-refractivity contribution in [1.82, 2.24) is 15.1 Å². The van der Waals surface area contributed by atoms with Crippen LogP contribution in [0, 0.1) is 0 Å². The van der Waals surface area contributed by atoms with E-state index in [1.54, 1.807) is 0 Å². The highest BCUT2D eigenvalue weighted by Gasteiger charge is 2.08. The van der Waals surface area contributed by atoms with Crippen LogP contribution in [0.4, 0.5) is 0 Å². The molecule has 86 valence electrons. The molecular weight excluding hydrogens is 198 g/mol. The third-order valence-electron chi connectivity index (χ3n) is 2.91. The number of nitrogens with one attached hydrogen (secondary N) is 1. The molecule has 3 heteroatoms. The van der Waals surface area contributed by atoms with E-state index in [2.05, 4.69) is 53.2 Å². The number of benzene rings is 1. The monoisotopic (exact) mass is 217 g/mol. The molecule has 0 saturated carbocycles. The van der Waals surface area contributed by atoms with Crippen LogP contribution in [0.3, 0.4) is 0 Å². The minimum absolute atomic E-state index is 0.443. The molecule has 0 bridgehead atoms. The first-order valence-electron chi connectivity index (χ1n) is 5.96. The first-order valence-corrected chi connectivity index (χ1v) is 5.96. The molecule has 1 atom stereocenters. The third kappa shape index (κ3) is 2.25. The molecule has 0 amide bonds. The van der Waals surface area contributed by atoms with Gasteiger partial charge in [-0.15, -0.1) is 0 Å². The molecule has 2 rings (SSSR count). The van der Waals surface area contributed by atoms with E-state index in [1.165, 1.54) is 10.9 Å². The predicted octanol–water partition coefficient (Wildman–Crippen LogP) is 2.60. The van der Waals surface area contributed by atoms with Crippen LogP contribution in [0.15, 0.2) is 30.5 Å². The van der Waals surface area contributed by atoms with Crippen molar-refractivity contribution in [2.24, 2.45) is 0 Å². The molecule has 1 aromatic heterocycles. The number of para-hydroxylation sites is 1. The summed E-state index contributed by atoms with van der Waals surface area (Å²) in [6.45, 7) is 6.43. The molecule has 16 heavy (non-hydrogen) atoms. The second kappa shape index (κ2) is 5.12. The van der Waals surface area contributed by atoms with Gasteiger partial charge in [-0.25, -0.2) is 0 Å². The molecule has 1 N–H and O–H groups in total. The molecule has 0 fully saturated rings. The van der Waals surface area contributed by atoms with E-state index in [0.29, 0.717) is 6.04 Å². The zero-order chi connectivity index (χ0) is 11.4. The van der Waals surface area contributed by atoms with Gasteiger partial charge in [0.2, 0.25) is 0 Å². The van der Waals surface area contributed by atoms with Gasteiger partial charge in [0, 0.05) is 5.39 Å². The SMILES string of the molecule is CCNCCC(C)n1ncc2ccccc21. The predicted molar refractivity (Wildman–Crippen MR) is 67.6 cm³/mol. The molecule has 1 unspecified atom stereocenters. The Hall–Kier alpha value is -1.35. The normalized spacial score (nSPS) is 13.1. The summed E-state index contributed by atoms with van der Waals surface area (Å²) in [7, 11) is 0. The van der Waals surface area contributed by atoms with Gasteiger partial charge in [0.25, 0.3) is 0 Å². The van der Waals surface area contributed by atoms with Gasteiger partial charge in [0.1, 0.15) is 0 Å². The van der Waals surface area contributed by atoms with Gasteiger partial charge < -0.3 is 5.32 Å². The summed E-state index contributed by atoms with van der Waals surface area (Å²) in [5, 5.41) is 9.03. The Balaban J connectivity index is 2.13. The topological polar surface area (TPSA) is 29.9 Å². The summed E-state index contributed by atoms with van der Waals surface area (Å²) < 4.78 is 2.12. The van der Waals surface area contributed by atoms with Crippen LogP contribution < -0.4 is 5.32 Å². The van der Waals surface area contributed by atoms with Gasteiger partial charge in [-0.05, 0) is 32.5 Å². The second-order valence-corrected chi connectivity index (χ2v) is 4.14. The van der Waals surface area contributed by atoms with E-state index in [0.717, 1.165) is 19.5 Å². The Kier molecular flexibility index (Phi) is 3.57. The van der Waals surface area contributed by atoms with Gasteiger partial charge in [-0.3, -0.25) is 4.68 Å². The van der Waals surface area contributed by atoms with E-state index in [1.807, 2.05) is 6.20 Å². The number of nitrogens with zero attached hydrogens (tertiary/aromatic N) is 2. The Labute approximate surface area is 96.5 Å². The van der Waals surface area contributed by atoms with Crippen LogP contribution in [-0.4, -0.2) is 22.9 Å². The molecule has 0 aliphatic heterocycles. The lowest BCUT2D eigenvalue weighted by Crippen LogP contribution is -2.18. The highest BCUT2D eigenvalue weighted by Crippen LogP contribution is 2.18. The van der Waals surface area contributed by atoms with Crippen LogP contribution in [0.25, 0.3) is 10.9 Å². The van der Waals surface area contributed by atoms with Crippen LogP contribution in [0.5, 0.6) is 0 Å². The molecule has 0 aliphatic carbocycles. The second-order valence-electron chi connectivity index (χ2n) is 4.14. The molecule has 1 aromatic carbocycles. The van der Waals surface area contributed by atoms with Gasteiger partial charge in [-0.2, -0.15) is 5.10 Å². The lowest BCUT2D eigenvalue weighted by molar-refractivity contribution is 0.459. The van der Waals surface area contributed by atoms with E-state index in [-0.39, 0.29) is 0 Å². The molecule has 0 radical (unpaired) electrons. The average Bonchev–Trinajstić information content (AvgIpc) is 2.73. The van der Waals surface area contributed by atoms with Crippen molar-refractivity contribution in [3.63, 3.8) is 0 Å². The minimum atomic E-state index is 0.443. The first-order chi connectivity index (χ1) is 7.83. The van der Waals surface area contributed by atoms with E-state index >= 15 is 0 Å². The number of rotatable bonds is 5. The van der Waals surface area contributed by atoms with Crippen molar-refractivity contribution in [3.05, 3.63) is 30.5 Å². The maximum atomic E-state index is 4.46. The van der Waals surface area contributed by atoms with Crippen molar-refractivity contribution in [2.75, 3.05) is 13.1 Å². The van der Waals surface area contributed by atoms with E-state index in [4.69, 9.17) is 0 Å². The summed E-state index contributed by atoms with van der Waals surface area (Å²) in [5.74, 6) is 0. The largest absolute Gasteiger partial charge is 0.317 e. The fourth-order valence-electron chi connectivity index (χ4n) is 1.95. The van der Waals surface area contributed by atoms with Crippen molar-refractivity contribution >= 4 is 10.9 Å². The fraction of sp³-hybridized carbons (Fsp3) is 0.462. The van der Waals surface area contributed by atoms with Crippen molar-refractivity contribution < 1.29 is 0 Å². The highest BCUT2D eigenvalue weighted by atomic mass is 15.3. The summed E-state index contributed by atoms with van der Waals surface area (Å²) in [5.41, 5.74) is 1.23. The molecule has 0 saturated heterocycles. The van der Waals surface area contributed by atoms with Gasteiger partial charge in [0.05, 0.1) is 17.8 Å². The Morgan fingerprint density at radius 1 is 1.38 bits per heavy atom. The third-order valence-corrected chi connectivity index (χ3v) is 2.91. The number of hydrogen-bond acceptors (Lipinski definition) is 2. The maximum Gasteiger partial charge on any atom is 0.0685 e. The van der Waals surface area contributed by atoms with Crippen molar-refractivity contribution in [2.45, 2.75) is 26.3 Å². The molecule has 3 nitrogen and oxygen atoms in total. The van der Waals surface area contributed by atoms with E-state index < -0.39 is 0 Å². The van der Waals surface area contributed by atoms with Crippen LogP contribution >= 0.6 is 0 Å². The summed E-state index contributed by atoms with van der Waals surface area (Å²) >= 11 is 0. The maximum absolute atomic E-state index is 4.46. The molecular formula is C13H19N3. The Morgan fingerprint density at radius 3 is 3.00 bits per heavy atom. The zero-order valence-electron chi connectivity index (χ0n) is 9.98. The molecule has 0 aliphatic rings.